The summed E-state index contributed by atoms with van der Waals surface area (Å²) in [5, 5.41) is 25.4. The third kappa shape index (κ3) is 4.21. The first-order valence-electron chi connectivity index (χ1n) is 8.19. The lowest BCUT2D eigenvalue weighted by Crippen LogP contribution is -1.97. The van der Waals surface area contributed by atoms with E-state index in [0.29, 0.717) is 11.3 Å². The Balaban J connectivity index is 1.76. The number of benzene rings is 2. The van der Waals surface area contributed by atoms with Gasteiger partial charge < -0.3 is 9.26 Å². The van der Waals surface area contributed by atoms with Crippen LogP contribution in [0.3, 0.4) is 0 Å². The van der Waals surface area contributed by atoms with Crippen LogP contribution in [0.2, 0.25) is 0 Å². The van der Waals surface area contributed by atoms with Crippen LogP contribution in [0.25, 0.3) is 12.2 Å². The molecule has 2 aromatic carbocycles. The van der Waals surface area contributed by atoms with Crippen LogP contribution in [-0.4, -0.2) is 15.0 Å². The van der Waals surface area contributed by atoms with E-state index in [9.17, 15) is 20.2 Å². The molecule has 0 aliphatic rings. The zero-order chi connectivity index (χ0) is 20.1. The first-order valence-corrected chi connectivity index (χ1v) is 8.19. The van der Waals surface area contributed by atoms with Gasteiger partial charge in [-0.05, 0) is 42.8 Å². The molecular weight excluding hydrogens is 366 g/mol. The van der Waals surface area contributed by atoms with Gasteiger partial charge in [0.2, 0.25) is 5.76 Å². The topological polar surface area (TPSA) is 122 Å². The van der Waals surface area contributed by atoms with Crippen LogP contribution >= 0.6 is 0 Å². The highest BCUT2D eigenvalue weighted by molar-refractivity contribution is 5.74. The maximum absolute atomic E-state index is 11.1. The van der Waals surface area contributed by atoms with Gasteiger partial charge in [0, 0.05) is 17.7 Å². The van der Waals surface area contributed by atoms with Gasteiger partial charge >= 0.3 is 5.69 Å². The first-order chi connectivity index (χ1) is 13.5. The molecule has 0 spiro atoms. The first kappa shape index (κ1) is 18.8. The fraction of sp³-hybridized carbons (Fsp3) is 0.105. The number of hydrogen-bond acceptors (Lipinski definition) is 7. The van der Waals surface area contributed by atoms with Crippen molar-refractivity contribution in [2.75, 3.05) is 0 Å². The van der Waals surface area contributed by atoms with Gasteiger partial charge in [0.05, 0.1) is 9.85 Å². The summed E-state index contributed by atoms with van der Waals surface area (Å²) in [4.78, 5) is 20.8. The molecule has 0 bridgehead atoms. The van der Waals surface area contributed by atoms with Gasteiger partial charge in [-0.1, -0.05) is 23.4 Å². The normalized spacial score (nSPS) is 10.9. The van der Waals surface area contributed by atoms with Crippen LogP contribution in [-0.2, 0) is 6.61 Å². The Morgan fingerprint density at radius 3 is 2.43 bits per heavy atom. The lowest BCUT2D eigenvalue weighted by molar-refractivity contribution is -0.386. The van der Waals surface area contributed by atoms with Gasteiger partial charge in [-0.3, -0.25) is 20.2 Å². The molecule has 9 heteroatoms. The lowest BCUT2D eigenvalue weighted by atomic mass is 10.1. The van der Waals surface area contributed by atoms with Crippen molar-refractivity contribution in [2.24, 2.45) is 0 Å². The third-order valence-corrected chi connectivity index (χ3v) is 3.91. The molecule has 3 rings (SSSR count). The Bertz CT molecular complexity index is 1040. The monoisotopic (exact) mass is 381 g/mol. The SMILES string of the molecule is Cc1noc(/C=C/c2ccccc2OCc2ccc([N+](=O)[O-])cc2)c1[N+](=O)[O-]. The van der Waals surface area contributed by atoms with E-state index in [2.05, 4.69) is 5.16 Å². The van der Waals surface area contributed by atoms with Crippen LogP contribution < -0.4 is 4.74 Å². The molecule has 3 aromatic rings. The number of para-hydroxylation sites is 1. The molecule has 1 heterocycles. The van der Waals surface area contributed by atoms with E-state index in [1.54, 1.807) is 42.5 Å². The minimum Gasteiger partial charge on any atom is -0.488 e. The van der Waals surface area contributed by atoms with Crippen LogP contribution in [0.5, 0.6) is 5.75 Å². The molecule has 9 nitrogen and oxygen atoms in total. The third-order valence-electron chi connectivity index (χ3n) is 3.91. The van der Waals surface area contributed by atoms with Crippen molar-refractivity contribution in [3.8, 4) is 5.75 Å². The van der Waals surface area contributed by atoms with Crippen molar-refractivity contribution in [2.45, 2.75) is 13.5 Å². The van der Waals surface area contributed by atoms with Crippen LogP contribution in [0.4, 0.5) is 11.4 Å². The number of nitro groups is 2. The highest BCUT2D eigenvalue weighted by atomic mass is 16.6. The van der Waals surface area contributed by atoms with E-state index in [0.717, 1.165) is 5.56 Å². The van der Waals surface area contributed by atoms with Crippen molar-refractivity contribution in [3.05, 3.63) is 91.3 Å². The molecule has 28 heavy (non-hydrogen) atoms. The maximum atomic E-state index is 11.1. The molecule has 0 unspecified atom stereocenters. The van der Waals surface area contributed by atoms with Crippen molar-refractivity contribution in [3.63, 3.8) is 0 Å². The fourth-order valence-corrected chi connectivity index (χ4v) is 2.50. The average Bonchev–Trinajstić information content (AvgIpc) is 3.06. The van der Waals surface area contributed by atoms with Crippen molar-refractivity contribution < 1.29 is 19.1 Å². The summed E-state index contributed by atoms with van der Waals surface area (Å²) >= 11 is 0. The summed E-state index contributed by atoms with van der Waals surface area (Å²) in [5.74, 6) is 0.601. The van der Waals surface area contributed by atoms with Crippen LogP contribution in [0.15, 0.2) is 53.1 Å². The minimum atomic E-state index is -0.539. The van der Waals surface area contributed by atoms with Crippen molar-refractivity contribution in [1.29, 1.82) is 0 Å². The number of rotatable bonds is 7. The molecule has 142 valence electrons. The van der Waals surface area contributed by atoms with Crippen LogP contribution in [0.1, 0.15) is 22.6 Å². The second-order valence-electron chi connectivity index (χ2n) is 5.82. The van der Waals surface area contributed by atoms with E-state index >= 15 is 0 Å². The fourth-order valence-electron chi connectivity index (χ4n) is 2.50. The number of non-ortho nitro benzene ring substituents is 1. The summed E-state index contributed by atoms with van der Waals surface area (Å²) in [6.07, 6.45) is 3.10. The van der Waals surface area contributed by atoms with Gasteiger partial charge in [0.1, 0.15) is 12.4 Å². The van der Waals surface area contributed by atoms with E-state index in [-0.39, 0.29) is 29.4 Å². The highest BCUT2D eigenvalue weighted by Gasteiger charge is 2.22. The second kappa shape index (κ2) is 8.12. The lowest BCUT2D eigenvalue weighted by Gasteiger charge is -2.09. The van der Waals surface area contributed by atoms with E-state index in [4.69, 9.17) is 9.26 Å². The molecule has 0 fully saturated rings. The molecule has 0 saturated heterocycles. The van der Waals surface area contributed by atoms with Crippen LogP contribution in [0, 0.1) is 27.2 Å². The Hall–Kier alpha value is -4.01. The Labute approximate surface area is 159 Å². The summed E-state index contributed by atoms with van der Waals surface area (Å²) < 4.78 is 10.8. The Morgan fingerprint density at radius 2 is 1.75 bits per heavy atom. The molecule has 1 aromatic heterocycles. The predicted octanol–water partition coefficient (Wildman–Crippen LogP) is 4.55. The zero-order valence-electron chi connectivity index (χ0n) is 14.8. The van der Waals surface area contributed by atoms with Crippen molar-refractivity contribution in [1.82, 2.24) is 5.16 Å². The molecule has 0 saturated carbocycles. The molecule has 0 N–H and O–H groups in total. The van der Waals surface area contributed by atoms with Crippen molar-refractivity contribution >= 4 is 23.5 Å². The standard InChI is InChI=1S/C19H15N3O6/c1-13-19(22(25)26)18(28-20-13)11-8-15-4-2-3-5-17(15)27-12-14-6-9-16(10-7-14)21(23)24/h2-11H,12H2,1H3/b11-8+. The largest absolute Gasteiger partial charge is 0.488 e. The number of nitro benzene ring substituents is 1. The summed E-state index contributed by atoms with van der Waals surface area (Å²) in [6.45, 7) is 1.71. The van der Waals surface area contributed by atoms with Gasteiger partial charge in [0.25, 0.3) is 5.69 Å². The second-order valence-corrected chi connectivity index (χ2v) is 5.82. The van der Waals surface area contributed by atoms with Gasteiger partial charge in [0.15, 0.2) is 5.69 Å². The van der Waals surface area contributed by atoms with E-state index in [1.165, 1.54) is 25.1 Å². The smallest absolute Gasteiger partial charge is 0.338 e. The number of ether oxygens (including phenoxy) is 1. The zero-order valence-corrected chi connectivity index (χ0v) is 14.8. The van der Waals surface area contributed by atoms with E-state index in [1.807, 2.05) is 0 Å². The highest BCUT2D eigenvalue weighted by Crippen LogP contribution is 2.27. The molecule has 0 atom stereocenters. The Kier molecular flexibility index (Phi) is 5.45. The van der Waals surface area contributed by atoms with Gasteiger partial charge in [-0.15, -0.1) is 0 Å². The molecule has 0 radical (unpaired) electrons. The average molecular weight is 381 g/mol. The number of aryl methyl sites for hydroxylation is 1. The number of aromatic nitrogens is 1. The predicted molar refractivity (Wildman–Crippen MR) is 101 cm³/mol. The summed E-state index contributed by atoms with van der Waals surface area (Å²) in [7, 11) is 0. The maximum Gasteiger partial charge on any atom is 0.338 e. The Morgan fingerprint density at radius 1 is 1.04 bits per heavy atom. The molecule has 0 aliphatic heterocycles. The molecule has 0 aliphatic carbocycles. The minimum absolute atomic E-state index is 0.0102. The quantitative estimate of drug-likeness (QED) is 0.434. The molecular formula is C19H15N3O6. The van der Waals surface area contributed by atoms with Gasteiger partial charge in [-0.25, -0.2) is 0 Å². The van der Waals surface area contributed by atoms with E-state index < -0.39 is 9.85 Å². The number of hydrogen-bond donors (Lipinski definition) is 0. The summed E-state index contributed by atoms with van der Waals surface area (Å²) in [6, 6.07) is 13.2. The number of nitrogens with zero attached hydrogens (tertiary/aromatic N) is 3. The van der Waals surface area contributed by atoms with Gasteiger partial charge in [-0.2, -0.15) is 0 Å². The summed E-state index contributed by atoms with van der Waals surface area (Å²) in [5.41, 5.74) is 1.49. The molecule has 0 amide bonds.